The number of rotatable bonds is 2. The molecule has 1 aliphatic heterocycles. The van der Waals surface area contributed by atoms with Crippen molar-refractivity contribution < 1.29 is 14.3 Å². The minimum atomic E-state index is -0.818. The monoisotopic (exact) mass is 243 g/mol. The molecule has 1 heterocycles. The molecular formula is C9H17NO3Si2. The molecular weight excluding hydrogens is 226 g/mol. The van der Waals surface area contributed by atoms with Crippen LogP contribution in [0.4, 0.5) is 0 Å². The summed E-state index contributed by atoms with van der Waals surface area (Å²) in [6.45, 7) is 2.75. The molecule has 2 N–H and O–H groups in total. The fraction of sp³-hybridized carbons (Fsp3) is 0.333. The number of carbonyl (C=O) groups is 2. The molecule has 1 aliphatic rings. The number of ketones is 2. The molecule has 0 aromatic rings. The number of allylic oxidation sites excluding steroid dienone is 2. The van der Waals surface area contributed by atoms with Gasteiger partial charge >= 0.3 is 0 Å². The number of hydrogen-bond donors (Lipinski definition) is 1. The topological polar surface area (TPSA) is 69.4 Å². The first-order valence-electron chi connectivity index (χ1n) is 4.87. The van der Waals surface area contributed by atoms with E-state index in [-0.39, 0.29) is 17.1 Å². The van der Waals surface area contributed by atoms with E-state index in [0.717, 1.165) is 0 Å². The normalized spacial score (nSPS) is 19.3. The zero-order valence-corrected chi connectivity index (χ0v) is 13.5. The lowest BCUT2D eigenvalue weighted by atomic mass is 9.99. The van der Waals surface area contributed by atoms with E-state index >= 15 is 0 Å². The smallest absolute Gasteiger partial charge is 0.177 e. The lowest BCUT2D eigenvalue weighted by Crippen LogP contribution is -2.31. The predicted molar refractivity (Wildman–Crippen MR) is 66.5 cm³/mol. The molecule has 1 rings (SSSR count). The van der Waals surface area contributed by atoms with Crippen molar-refractivity contribution in [2.24, 2.45) is 5.73 Å². The Kier molecular flexibility index (Phi) is 6.06. The quantitative estimate of drug-likeness (QED) is 0.565. The van der Waals surface area contributed by atoms with Gasteiger partial charge in [-0.1, -0.05) is 0 Å². The van der Waals surface area contributed by atoms with Crippen molar-refractivity contribution in [1.29, 1.82) is 0 Å². The van der Waals surface area contributed by atoms with Crippen LogP contribution in [0.2, 0.25) is 0 Å². The summed E-state index contributed by atoms with van der Waals surface area (Å²) < 4.78 is 4.90. The maximum atomic E-state index is 11.1. The third-order valence-corrected chi connectivity index (χ3v) is 1.79. The van der Waals surface area contributed by atoms with Gasteiger partial charge in [-0.05, 0) is 39.4 Å². The zero-order chi connectivity index (χ0) is 12.0. The SMILES string of the molecule is CC(=O)C1=C(C(C)=O)C(N)OC=C1.[SiH3][SiH3]. The second-order valence-corrected chi connectivity index (χ2v) is 2.80. The van der Waals surface area contributed by atoms with Crippen LogP contribution in [0.1, 0.15) is 13.8 Å². The Bertz CT molecular complexity index is 323. The maximum absolute atomic E-state index is 11.1. The Hall–Kier alpha value is -0.986. The summed E-state index contributed by atoms with van der Waals surface area (Å²) in [6, 6.07) is 0. The zero-order valence-electron chi connectivity index (χ0n) is 9.53. The summed E-state index contributed by atoms with van der Waals surface area (Å²) >= 11 is 0. The van der Waals surface area contributed by atoms with Crippen LogP contribution in [0.3, 0.4) is 0 Å². The van der Waals surface area contributed by atoms with Crippen LogP contribution >= 0.6 is 0 Å². The first-order valence-corrected chi connectivity index (χ1v) is 12.9. The van der Waals surface area contributed by atoms with E-state index in [0.29, 0.717) is 5.57 Å². The van der Waals surface area contributed by atoms with E-state index in [4.69, 9.17) is 10.5 Å². The van der Waals surface area contributed by atoms with Gasteiger partial charge in [0.2, 0.25) is 0 Å². The Morgan fingerprint density at radius 3 is 2.20 bits per heavy atom. The molecule has 1 atom stereocenters. The van der Waals surface area contributed by atoms with Gasteiger partial charge in [0.05, 0.1) is 11.8 Å². The highest BCUT2D eigenvalue weighted by Crippen LogP contribution is 2.17. The lowest BCUT2D eigenvalue weighted by molar-refractivity contribution is -0.117. The second-order valence-electron chi connectivity index (χ2n) is 2.80. The largest absolute Gasteiger partial charge is 0.479 e. The summed E-state index contributed by atoms with van der Waals surface area (Å²) in [5.41, 5.74) is 6.09. The fourth-order valence-corrected chi connectivity index (χ4v) is 1.20. The highest BCUT2D eigenvalue weighted by molar-refractivity contribution is 6.75. The van der Waals surface area contributed by atoms with Gasteiger partial charge in [-0.15, -0.1) is 0 Å². The van der Waals surface area contributed by atoms with Gasteiger partial charge in [-0.25, -0.2) is 0 Å². The molecule has 0 saturated carbocycles. The van der Waals surface area contributed by atoms with Gasteiger partial charge in [0.25, 0.3) is 0 Å². The molecule has 84 valence electrons. The first kappa shape index (κ1) is 14.0. The number of ether oxygens (including phenoxy) is 1. The predicted octanol–water partition coefficient (Wildman–Crippen LogP) is -2.08. The van der Waals surface area contributed by atoms with E-state index in [9.17, 15) is 9.59 Å². The Balaban J connectivity index is 0.000000921. The Morgan fingerprint density at radius 1 is 1.33 bits per heavy atom. The Labute approximate surface area is 95.2 Å². The maximum Gasteiger partial charge on any atom is 0.177 e. The molecule has 0 bridgehead atoms. The first-order chi connectivity index (χ1) is 7.04. The van der Waals surface area contributed by atoms with Crippen molar-refractivity contribution >= 4 is 31.1 Å². The van der Waals surface area contributed by atoms with Gasteiger partial charge in [0.15, 0.2) is 17.8 Å². The summed E-state index contributed by atoms with van der Waals surface area (Å²) in [5.74, 6) is -0.415. The number of carbonyl (C=O) groups excluding carboxylic acids is 2. The van der Waals surface area contributed by atoms with E-state index in [1.54, 1.807) is 0 Å². The third-order valence-electron chi connectivity index (χ3n) is 1.79. The minimum absolute atomic E-state index is 0.180. The highest BCUT2D eigenvalue weighted by atomic mass is 29.1. The number of hydrogen-bond acceptors (Lipinski definition) is 4. The van der Waals surface area contributed by atoms with Gasteiger partial charge in [-0.3, -0.25) is 15.3 Å². The second kappa shape index (κ2) is 6.49. The highest BCUT2D eigenvalue weighted by Gasteiger charge is 2.23. The molecule has 1 unspecified atom stereocenters. The van der Waals surface area contributed by atoms with Gasteiger partial charge < -0.3 is 4.74 Å². The van der Waals surface area contributed by atoms with Crippen LogP contribution in [0.5, 0.6) is 0 Å². The van der Waals surface area contributed by atoms with Crippen LogP contribution in [-0.2, 0) is 14.3 Å². The van der Waals surface area contributed by atoms with Crippen LogP contribution in [-0.4, -0.2) is 37.3 Å². The lowest BCUT2D eigenvalue weighted by Gasteiger charge is -2.19. The molecule has 0 spiro atoms. The van der Waals surface area contributed by atoms with Crippen LogP contribution in [0.15, 0.2) is 23.5 Å². The average Bonchev–Trinajstić information content (AvgIpc) is 2.19. The van der Waals surface area contributed by atoms with Crippen LogP contribution < -0.4 is 5.73 Å². The molecule has 6 heteroatoms. The van der Waals surface area contributed by atoms with Crippen molar-refractivity contribution in [1.82, 2.24) is 0 Å². The van der Waals surface area contributed by atoms with Crippen LogP contribution in [0.25, 0.3) is 0 Å². The van der Waals surface area contributed by atoms with Crippen molar-refractivity contribution in [3.63, 3.8) is 0 Å². The summed E-state index contributed by atoms with van der Waals surface area (Å²) in [6.07, 6.45) is 1.97. The molecule has 0 fully saturated rings. The van der Waals surface area contributed by atoms with Crippen molar-refractivity contribution in [3.8, 4) is 0 Å². The molecule has 0 aromatic carbocycles. The summed E-state index contributed by atoms with van der Waals surface area (Å²) in [7, 11) is 2.89. The molecule has 4 nitrogen and oxygen atoms in total. The van der Waals surface area contributed by atoms with E-state index < -0.39 is 6.23 Å². The minimum Gasteiger partial charge on any atom is -0.479 e. The average molecular weight is 243 g/mol. The van der Waals surface area contributed by atoms with Crippen molar-refractivity contribution in [2.45, 2.75) is 20.1 Å². The summed E-state index contributed by atoms with van der Waals surface area (Å²) in [4.78, 5) is 22.2. The van der Waals surface area contributed by atoms with E-state index in [1.165, 1.54) is 45.7 Å². The number of Topliss-reactive ketones (excluding diaryl/α,β-unsaturated/α-hetero) is 2. The molecule has 0 radical (unpaired) electrons. The van der Waals surface area contributed by atoms with Crippen molar-refractivity contribution in [2.75, 3.05) is 0 Å². The fourth-order valence-electron chi connectivity index (χ4n) is 1.20. The molecule has 0 amide bonds. The van der Waals surface area contributed by atoms with E-state index in [2.05, 4.69) is 0 Å². The molecule has 0 aromatic heterocycles. The molecule has 0 saturated heterocycles. The third kappa shape index (κ3) is 3.57. The molecule has 15 heavy (non-hydrogen) atoms. The van der Waals surface area contributed by atoms with Gasteiger partial charge in [0, 0.05) is 5.57 Å². The summed E-state index contributed by atoms with van der Waals surface area (Å²) in [5, 5.41) is 0. The van der Waals surface area contributed by atoms with Crippen LogP contribution in [0, 0.1) is 0 Å². The van der Waals surface area contributed by atoms with E-state index in [1.807, 2.05) is 0 Å². The van der Waals surface area contributed by atoms with Crippen molar-refractivity contribution in [3.05, 3.63) is 23.5 Å². The standard InChI is InChI=1S/C9H11NO3.H6Si2/c1-5(11)7-3-4-13-9(10)8(7)6(2)12;1-2/h3-4,9H,10H2,1-2H3;1-2H3. The Morgan fingerprint density at radius 2 is 1.87 bits per heavy atom. The molecule has 0 aliphatic carbocycles. The van der Waals surface area contributed by atoms with Gasteiger partial charge in [-0.2, -0.15) is 0 Å². The number of nitrogens with two attached hydrogens (primary N) is 1. The van der Waals surface area contributed by atoms with Gasteiger partial charge in [0.1, 0.15) is 0 Å².